The number of aliphatic imine (C=N–C) groups is 1. The van der Waals surface area contributed by atoms with Crippen molar-refractivity contribution in [2.45, 2.75) is 26.9 Å². The van der Waals surface area contributed by atoms with Gasteiger partial charge in [0.2, 0.25) is 0 Å². The summed E-state index contributed by atoms with van der Waals surface area (Å²) in [5.74, 6) is 1.71. The van der Waals surface area contributed by atoms with E-state index in [0.717, 1.165) is 28.6 Å². The molecule has 1 amide bonds. The molecular weight excluding hydrogens is 400 g/mol. The minimum absolute atomic E-state index is 0.0679. The molecule has 32 heavy (non-hydrogen) atoms. The Kier molecular flexibility index (Phi) is 8.02. The van der Waals surface area contributed by atoms with E-state index >= 15 is 0 Å². The number of nitrogens with zero attached hydrogens (tertiary/aromatic N) is 4. The molecule has 7 heteroatoms. The Balaban J connectivity index is 1.56. The summed E-state index contributed by atoms with van der Waals surface area (Å²) in [6.45, 7) is 6.63. The van der Waals surface area contributed by atoms with Gasteiger partial charge in [0.25, 0.3) is 5.91 Å². The van der Waals surface area contributed by atoms with Gasteiger partial charge >= 0.3 is 0 Å². The zero-order valence-corrected chi connectivity index (χ0v) is 19.3. The molecule has 2 N–H and O–H groups in total. The Hall–Kier alpha value is -3.61. The summed E-state index contributed by atoms with van der Waals surface area (Å²) in [5.41, 5.74) is 3.90. The number of hydrogen-bond donors (Lipinski definition) is 2. The molecule has 3 rings (SSSR count). The number of amides is 1. The second kappa shape index (κ2) is 11.1. The van der Waals surface area contributed by atoms with Gasteiger partial charge in [-0.15, -0.1) is 0 Å². The summed E-state index contributed by atoms with van der Waals surface area (Å²) < 4.78 is 0. The summed E-state index contributed by atoms with van der Waals surface area (Å²) in [5, 5.41) is 3.38. The zero-order valence-electron chi connectivity index (χ0n) is 19.3. The van der Waals surface area contributed by atoms with Crippen LogP contribution in [0.2, 0.25) is 0 Å². The Morgan fingerprint density at radius 1 is 1.06 bits per heavy atom. The quantitative estimate of drug-likeness (QED) is 0.420. The highest BCUT2D eigenvalue weighted by Gasteiger charge is 2.13. The van der Waals surface area contributed by atoms with Crippen molar-refractivity contribution < 1.29 is 4.79 Å². The van der Waals surface area contributed by atoms with Crippen molar-refractivity contribution >= 4 is 11.9 Å². The van der Waals surface area contributed by atoms with Gasteiger partial charge in [0.15, 0.2) is 5.96 Å². The average molecular weight is 433 g/mol. The fraction of sp³-hybridized carbons (Fsp3) is 0.320. The third-order valence-electron chi connectivity index (χ3n) is 5.38. The number of carbonyl (C=O) groups excluding carboxylic acids is 1. The molecule has 0 atom stereocenters. The third-order valence-corrected chi connectivity index (χ3v) is 5.38. The van der Waals surface area contributed by atoms with Crippen LogP contribution in [0.15, 0.2) is 65.8 Å². The van der Waals surface area contributed by atoms with Crippen molar-refractivity contribution in [3.8, 4) is 11.3 Å². The van der Waals surface area contributed by atoms with Gasteiger partial charge in [-0.1, -0.05) is 42.5 Å². The van der Waals surface area contributed by atoms with Crippen LogP contribution >= 0.6 is 0 Å². The van der Waals surface area contributed by atoms with Crippen LogP contribution in [0.5, 0.6) is 0 Å². The molecule has 1 heterocycles. The molecule has 2 aromatic carbocycles. The van der Waals surface area contributed by atoms with Crippen LogP contribution in [0.3, 0.4) is 0 Å². The van der Waals surface area contributed by atoms with Gasteiger partial charge in [0.1, 0.15) is 5.82 Å². The number of rotatable bonds is 8. The van der Waals surface area contributed by atoms with Crippen molar-refractivity contribution in [1.82, 2.24) is 25.1 Å². The lowest BCUT2D eigenvalue weighted by Gasteiger charge is -2.21. The topological polar surface area (TPSA) is 76.6 Å². The number of carbonyl (C=O) groups is 1. The fourth-order valence-electron chi connectivity index (χ4n) is 3.53. The second-order valence-corrected chi connectivity index (χ2v) is 7.54. The molecule has 0 aliphatic carbocycles. The zero-order chi connectivity index (χ0) is 22.9. The maximum absolute atomic E-state index is 12.5. The molecule has 0 unspecified atom stereocenters. The number of hydrogen-bond acceptors (Lipinski definition) is 3. The van der Waals surface area contributed by atoms with E-state index < -0.39 is 0 Å². The molecule has 1 aromatic heterocycles. The molecule has 0 saturated heterocycles. The molecule has 0 aliphatic heterocycles. The molecule has 7 nitrogen and oxygen atoms in total. The number of aromatic nitrogens is 2. The molecule has 0 bridgehead atoms. The summed E-state index contributed by atoms with van der Waals surface area (Å²) in [6.07, 6.45) is 1.86. The van der Waals surface area contributed by atoms with E-state index in [0.29, 0.717) is 31.7 Å². The van der Waals surface area contributed by atoms with Crippen LogP contribution < -0.4 is 5.32 Å². The number of nitrogens with one attached hydrogen (secondary N) is 2. The van der Waals surface area contributed by atoms with Crippen molar-refractivity contribution in [2.24, 2.45) is 4.99 Å². The van der Waals surface area contributed by atoms with Crippen LogP contribution in [0.1, 0.15) is 35.6 Å². The highest BCUT2D eigenvalue weighted by Crippen LogP contribution is 2.16. The summed E-state index contributed by atoms with van der Waals surface area (Å²) in [6, 6.07) is 17.9. The van der Waals surface area contributed by atoms with Crippen LogP contribution in [0, 0.1) is 0 Å². The minimum atomic E-state index is 0.0679. The lowest BCUT2D eigenvalue weighted by atomic mass is 10.1. The van der Waals surface area contributed by atoms with Gasteiger partial charge < -0.3 is 20.1 Å². The lowest BCUT2D eigenvalue weighted by molar-refractivity contribution is 0.0773. The fourth-order valence-corrected chi connectivity index (χ4v) is 3.53. The van der Waals surface area contributed by atoms with E-state index in [9.17, 15) is 4.79 Å². The third kappa shape index (κ3) is 5.75. The van der Waals surface area contributed by atoms with Crippen LogP contribution in [0.25, 0.3) is 11.3 Å². The average Bonchev–Trinajstić information content (AvgIpc) is 3.29. The van der Waals surface area contributed by atoms with Gasteiger partial charge in [-0.2, -0.15) is 0 Å². The van der Waals surface area contributed by atoms with Crippen molar-refractivity contribution in [2.75, 3.05) is 27.2 Å². The first-order valence-electron chi connectivity index (χ1n) is 10.9. The van der Waals surface area contributed by atoms with E-state index in [1.54, 1.807) is 7.05 Å². The summed E-state index contributed by atoms with van der Waals surface area (Å²) >= 11 is 0. The second-order valence-electron chi connectivity index (χ2n) is 7.54. The minimum Gasteiger partial charge on any atom is -0.352 e. The van der Waals surface area contributed by atoms with E-state index in [2.05, 4.69) is 32.4 Å². The Morgan fingerprint density at radius 2 is 1.75 bits per heavy atom. The van der Waals surface area contributed by atoms with E-state index in [-0.39, 0.29) is 5.91 Å². The van der Waals surface area contributed by atoms with Gasteiger partial charge in [-0.3, -0.25) is 9.79 Å². The largest absolute Gasteiger partial charge is 0.352 e. The summed E-state index contributed by atoms with van der Waals surface area (Å²) in [7, 11) is 3.74. The van der Waals surface area contributed by atoms with Crippen molar-refractivity contribution in [1.29, 1.82) is 0 Å². The molecule has 0 radical (unpaired) electrons. The number of H-pyrrole nitrogens is 1. The van der Waals surface area contributed by atoms with E-state index in [1.165, 1.54) is 0 Å². The molecule has 0 aliphatic rings. The maximum atomic E-state index is 12.5. The first-order valence-corrected chi connectivity index (χ1v) is 10.9. The number of imidazole rings is 1. The molecule has 0 fully saturated rings. The SMILES string of the molecule is CCN(CC)C(=O)c1ccc(CNC(=NC)N(C)Cc2ncc(-c3ccccc3)[nH]2)cc1. The van der Waals surface area contributed by atoms with Gasteiger partial charge in [-0.05, 0) is 37.1 Å². The Labute approximate surface area is 190 Å². The van der Waals surface area contributed by atoms with E-state index in [4.69, 9.17) is 0 Å². The lowest BCUT2D eigenvalue weighted by Crippen LogP contribution is -2.38. The van der Waals surface area contributed by atoms with Crippen LogP contribution in [-0.4, -0.2) is 58.8 Å². The van der Waals surface area contributed by atoms with Crippen molar-refractivity contribution in [3.63, 3.8) is 0 Å². The molecule has 168 valence electrons. The van der Waals surface area contributed by atoms with Gasteiger partial charge in [-0.25, -0.2) is 4.98 Å². The number of aromatic amines is 1. The van der Waals surface area contributed by atoms with E-state index in [1.807, 2.05) is 79.4 Å². The predicted molar refractivity (Wildman–Crippen MR) is 129 cm³/mol. The Morgan fingerprint density at radius 3 is 2.38 bits per heavy atom. The summed E-state index contributed by atoms with van der Waals surface area (Å²) in [4.78, 5) is 28.6. The Bertz CT molecular complexity index is 1020. The predicted octanol–water partition coefficient (Wildman–Crippen LogP) is 3.77. The first-order chi connectivity index (χ1) is 15.5. The number of guanidine groups is 1. The molecule has 0 saturated carbocycles. The van der Waals surface area contributed by atoms with Crippen LogP contribution in [-0.2, 0) is 13.1 Å². The monoisotopic (exact) mass is 432 g/mol. The number of benzene rings is 2. The maximum Gasteiger partial charge on any atom is 0.253 e. The standard InChI is InChI=1S/C25H32N6O/c1-5-31(6-2)24(32)21-14-12-19(13-15-21)16-28-25(26-3)30(4)18-23-27-17-22(29-23)20-10-8-7-9-11-20/h7-15,17H,5-6,16,18H2,1-4H3,(H,26,28)(H,27,29). The van der Waals surface area contributed by atoms with Gasteiger partial charge in [0.05, 0.1) is 18.4 Å². The molecule has 0 spiro atoms. The normalized spacial score (nSPS) is 11.3. The molecule has 3 aromatic rings. The highest BCUT2D eigenvalue weighted by molar-refractivity contribution is 5.94. The van der Waals surface area contributed by atoms with Crippen LogP contribution in [0.4, 0.5) is 0 Å². The highest BCUT2D eigenvalue weighted by atomic mass is 16.2. The first kappa shape index (κ1) is 23.1. The smallest absolute Gasteiger partial charge is 0.253 e. The molecular formula is C25H32N6O. The van der Waals surface area contributed by atoms with Crippen molar-refractivity contribution in [3.05, 3.63) is 77.7 Å². The van der Waals surface area contributed by atoms with Gasteiger partial charge in [0, 0.05) is 39.3 Å².